The molecule has 2 atom stereocenters. The van der Waals surface area contributed by atoms with Gasteiger partial charge in [-0.2, -0.15) is 0 Å². The van der Waals surface area contributed by atoms with E-state index in [-0.39, 0.29) is 12.3 Å². The lowest BCUT2D eigenvalue weighted by Crippen LogP contribution is -2.82. The molecule has 2 N–H and O–H groups in total. The molecule has 1 aliphatic heterocycles. The highest BCUT2D eigenvalue weighted by molar-refractivity contribution is 8.01. The van der Waals surface area contributed by atoms with Crippen molar-refractivity contribution in [1.29, 1.82) is 0 Å². The van der Waals surface area contributed by atoms with Gasteiger partial charge in [0.2, 0.25) is 6.23 Å². The molecular formula is C19H21ClN3OS2+. The Morgan fingerprint density at radius 2 is 2.08 bits per heavy atom. The number of thioether (sulfide) groups is 1. The van der Waals surface area contributed by atoms with Gasteiger partial charge in [0.25, 0.3) is 0 Å². The summed E-state index contributed by atoms with van der Waals surface area (Å²) < 4.78 is 8.48. The Balaban J connectivity index is 1.35. The van der Waals surface area contributed by atoms with Gasteiger partial charge in [0, 0.05) is 36.1 Å². The second kappa shape index (κ2) is 7.74. The van der Waals surface area contributed by atoms with Gasteiger partial charge in [-0.1, -0.05) is 23.4 Å². The van der Waals surface area contributed by atoms with Crippen molar-refractivity contribution in [3.63, 3.8) is 0 Å². The second-order valence-electron chi connectivity index (χ2n) is 6.54. The number of hydrogen-bond donors (Lipinski definition) is 1. The van der Waals surface area contributed by atoms with Crippen LogP contribution in [0.25, 0.3) is 10.2 Å². The SMILES string of the molecule is CN(C)c1ccc([C@@H]2[NH2+]C[C@@H](CSc3nc4cc(Cl)ccc4s3)O2)cc1. The van der Waals surface area contributed by atoms with Crippen molar-refractivity contribution in [2.75, 3.05) is 31.3 Å². The van der Waals surface area contributed by atoms with E-state index in [9.17, 15) is 0 Å². The number of ether oxygens (including phenoxy) is 1. The number of fused-ring (bicyclic) bond motifs is 1. The van der Waals surface area contributed by atoms with Crippen LogP contribution in [0.15, 0.2) is 46.8 Å². The number of thiazole rings is 1. The van der Waals surface area contributed by atoms with E-state index in [0.29, 0.717) is 0 Å². The van der Waals surface area contributed by atoms with Crippen molar-refractivity contribution in [2.45, 2.75) is 16.7 Å². The Bertz CT molecular complexity index is 897. The van der Waals surface area contributed by atoms with Crippen molar-refractivity contribution in [3.05, 3.63) is 53.1 Å². The summed E-state index contributed by atoms with van der Waals surface area (Å²) in [5.74, 6) is 0.913. The normalized spacial score (nSPS) is 20.0. The van der Waals surface area contributed by atoms with Gasteiger partial charge in [-0.15, -0.1) is 11.3 Å². The molecule has 1 aliphatic rings. The van der Waals surface area contributed by atoms with Crippen molar-refractivity contribution < 1.29 is 10.1 Å². The summed E-state index contributed by atoms with van der Waals surface area (Å²) in [5.41, 5.74) is 3.40. The molecule has 1 aromatic heterocycles. The fourth-order valence-electron chi connectivity index (χ4n) is 2.98. The Labute approximate surface area is 166 Å². The van der Waals surface area contributed by atoms with Crippen LogP contribution in [0.5, 0.6) is 0 Å². The zero-order valence-electron chi connectivity index (χ0n) is 14.7. The van der Waals surface area contributed by atoms with Crippen LogP contribution in [-0.2, 0) is 4.74 Å². The molecular weight excluding hydrogens is 386 g/mol. The third kappa shape index (κ3) is 4.00. The van der Waals surface area contributed by atoms with E-state index in [1.54, 1.807) is 23.1 Å². The van der Waals surface area contributed by atoms with Gasteiger partial charge in [0.05, 0.1) is 10.2 Å². The number of quaternary nitrogens is 1. The summed E-state index contributed by atoms with van der Waals surface area (Å²) in [7, 11) is 4.10. The van der Waals surface area contributed by atoms with E-state index in [1.807, 2.05) is 18.2 Å². The maximum absolute atomic E-state index is 6.23. The van der Waals surface area contributed by atoms with E-state index < -0.39 is 0 Å². The van der Waals surface area contributed by atoms with Crippen LogP contribution in [0.2, 0.25) is 5.02 Å². The Hall–Kier alpha value is -1.31. The van der Waals surface area contributed by atoms with E-state index in [2.05, 4.69) is 53.6 Å². The first kappa shape index (κ1) is 18.1. The van der Waals surface area contributed by atoms with Crippen LogP contribution in [0.3, 0.4) is 0 Å². The number of nitrogens with zero attached hydrogens (tertiary/aromatic N) is 2. The smallest absolute Gasteiger partial charge is 0.217 e. The lowest BCUT2D eigenvalue weighted by molar-refractivity contribution is -0.697. The number of hydrogen-bond acceptors (Lipinski definition) is 5. The molecule has 0 amide bonds. The first-order valence-electron chi connectivity index (χ1n) is 8.53. The first-order valence-corrected chi connectivity index (χ1v) is 10.7. The van der Waals surface area contributed by atoms with E-state index in [1.165, 1.54) is 16.0 Å². The minimum atomic E-state index is 0.0889. The standard InChI is InChI=1S/C19H20ClN3OS2/c1-23(2)14-6-3-12(4-7-14)18-21-10-15(24-18)11-25-19-22-16-9-13(20)5-8-17(16)26-19/h3-9,15,18,21H,10-11H2,1-2H3/p+1/t15-,18+/m0/s1. The van der Waals surface area contributed by atoms with Gasteiger partial charge in [-0.3, -0.25) is 0 Å². The van der Waals surface area contributed by atoms with Crippen molar-refractivity contribution >= 4 is 50.6 Å². The lowest BCUT2D eigenvalue weighted by Gasteiger charge is -2.14. The highest BCUT2D eigenvalue weighted by Crippen LogP contribution is 2.32. The molecule has 4 nitrogen and oxygen atoms in total. The van der Waals surface area contributed by atoms with Crippen LogP contribution >= 0.6 is 34.7 Å². The summed E-state index contributed by atoms with van der Waals surface area (Å²) in [6.45, 7) is 0.976. The summed E-state index contributed by atoms with van der Waals surface area (Å²) >= 11 is 9.52. The number of nitrogens with two attached hydrogens (primary N) is 1. The summed E-state index contributed by atoms with van der Waals surface area (Å²) in [5, 5.41) is 3.00. The molecule has 0 aliphatic carbocycles. The fraction of sp³-hybridized carbons (Fsp3) is 0.316. The minimum absolute atomic E-state index is 0.0889. The average molecular weight is 407 g/mol. The maximum atomic E-state index is 6.23. The lowest BCUT2D eigenvalue weighted by atomic mass is 10.2. The van der Waals surface area contributed by atoms with Gasteiger partial charge in [-0.05, 0) is 42.5 Å². The number of aromatic nitrogens is 1. The molecule has 0 saturated carbocycles. The van der Waals surface area contributed by atoms with Gasteiger partial charge in [-0.25, -0.2) is 4.98 Å². The van der Waals surface area contributed by atoms with Crippen LogP contribution in [0.1, 0.15) is 11.8 Å². The fourth-order valence-corrected chi connectivity index (χ4v) is 5.24. The van der Waals surface area contributed by atoms with E-state index >= 15 is 0 Å². The predicted molar refractivity (Wildman–Crippen MR) is 111 cm³/mol. The molecule has 2 aromatic carbocycles. The van der Waals surface area contributed by atoms with Crippen LogP contribution in [-0.4, -0.2) is 37.5 Å². The third-order valence-electron chi connectivity index (χ3n) is 4.41. The van der Waals surface area contributed by atoms with Crippen LogP contribution in [0, 0.1) is 0 Å². The maximum Gasteiger partial charge on any atom is 0.217 e. The summed E-state index contributed by atoms with van der Waals surface area (Å²) in [6.07, 6.45) is 0.320. The number of rotatable bonds is 5. The third-order valence-corrected chi connectivity index (χ3v) is 6.96. The first-order chi connectivity index (χ1) is 12.6. The number of benzene rings is 2. The molecule has 0 unspecified atom stereocenters. The minimum Gasteiger partial charge on any atom is -0.378 e. The molecule has 4 rings (SSSR count). The average Bonchev–Trinajstić information content (AvgIpc) is 3.26. The zero-order valence-corrected chi connectivity index (χ0v) is 17.1. The molecule has 7 heteroatoms. The quantitative estimate of drug-likeness (QED) is 0.655. The molecule has 136 valence electrons. The molecule has 2 heterocycles. The molecule has 0 bridgehead atoms. The Morgan fingerprint density at radius 1 is 1.27 bits per heavy atom. The monoisotopic (exact) mass is 406 g/mol. The largest absolute Gasteiger partial charge is 0.378 e. The number of halogens is 1. The van der Waals surface area contributed by atoms with Crippen molar-refractivity contribution in [1.82, 2.24) is 4.98 Å². The Kier molecular flexibility index (Phi) is 5.38. The van der Waals surface area contributed by atoms with Crippen LogP contribution < -0.4 is 10.2 Å². The van der Waals surface area contributed by atoms with Gasteiger partial charge in [0.15, 0.2) is 4.34 Å². The number of anilines is 1. The molecule has 1 fully saturated rings. The predicted octanol–water partition coefficient (Wildman–Crippen LogP) is 3.77. The van der Waals surface area contributed by atoms with E-state index in [4.69, 9.17) is 16.3 Å². The highest BCUT2D eigenvalue weighted by Gasteiger charge is 2.30. The second-order valence-corrected chi connectivity index (χ2v) is 9.27. The molecule has 3 aromatic rings. The summed E-state index contributed by atoms with van der Waals surface area (Å²) in [4.78, 5) is 6.77. The summed E-state index contributed by atoms with van der Waals surface area (Å²) in [6, 6.07) is 14.5. The van der Waals surface area contributed by atoms with Gasteiger partial charge < -0.3 is 15.0 Å². The van der Waals surface area contributed by atoms with Crippen molar-refractivity contribution in [2.24, 2.45) is 0 Å². The molecule has 0 radical (unpaired) electrons. The molecule has 1 saturated heterocycles. The zero-order chi connectivity index (χ0) is 18.1. The Morgan fingerprint density at radius 3 is 2.85 bits per heavy atom. The topological polar surface area (TPSA) is 42.0 Å². The highest BCUT2D eigenvalue weighted by atomic mass is 35.5. The van der Waals surface area contributed by atoms with E-state index in [0.717, 1.165) is 27.2 Å². The molecule has 26 heavy (non-hydrogen) atoms. The van der Waals surface area contributed by atoms with Gasteiger partial charge in [0.1, 0.15) is 12.6 Å². The molecule has 0 spiro atoms. The van der Waals surface area contributed by atoms with Gasteiger partial charge >= 0.3 is 0 Å². The van der Waals surface area contributed by atoms with Crippen molar-refractivity contribution in [3.8, 4) is 0 Å². The van der Waals surface area contributed by atoms with Crippen LogP contribution in [0.4, 0.5) is 5.69 Å².